The monoisotopic (exact) mass is 334 g/mol. The Morgan fingerprint density at radius 3 is 2.75 bits per heavy atom. The standard InChI is InChI=1S/C19H30N2O3/c1-16(2)20(12-13-22)14-18-10-6-7-11-21(18)19(23)24-15-17-8-4-3-5-9-17/h3-5,8-9,16,18,22H,6-7,10-15H2,1-2H3. The third-order valence-corrected chi connectivity index (χ3v) is 4.63. The van der Waals surface area contributed by atoms with Crippen LogP contribution in [-0.2, 0) is 11.3 Å². The molecule has 1 unspecified atom stereocenters. The number of carbonyl (C=O) groups excluding carboxylic acids is 1. The molecule has 0 spiro atoms. The van der Waals surface area contributed by atoms with Gasteiger partial charge in [0.25, 0.3) is 0 Å². The highest BCUT2D eigenvalue weighted by atomic mass is 16.6. The van der Waals surface area contributed by atoms with Crippen LogP contribution < -0.4 is 0 Å². The van der Waals surface area contributed by atoms with Crippen LogP contribution in [-0.4, -0.2) is 59.3 Å². The molecule has 0 aliphatic carbocycles. The molecule has 5 nitrogen and oxygen atoms in total. The van der Waals surface area contributed by atoms with E-state index in [4.69, 9.17) is 4.74 Å². The van der Waals surface area contributed by atoms with E-state index in [1.807, 2.05) is 35.2 Å². The predicted octanol–water partition coefficient (Wildman–Crippen LogP) is 2.88. The molecule has 24 heavy (non-hydrogen) atoms. The lowest BCUT2D eigenvalue weighted by Gasteiger charge is -2.39. The summed E-state index contributed by atoms with van der Waals surface area (Å²) in [5.41, 5.74) is 1.00. The molecule has 1 aromatic rings. The fourth-order valence-corrected chi connectivity index (χ4v) is 3.19. The Bertz CT molecular complexity index is 493. The Morgan fingerprint density at radius 1 is 1.33 bits per heavy atom. The number of amides is 1. The second kappa shape index (κ2) is 9.64. The first-order valence-electron chi connectivity index (χ1n) is 8.94. The molecular formula is C19H30N2O3. The lowest BCUT2D eigenvalue weighted by Crippen LogP contribution is -2.51. The van der Waals surface area contributed by atoms with Crippen molar-refractivity contribution in [3.05, 3.63) is 35.9 Å². The van der Waals surface area contributed by atoms with E-state index in [-0.39, 0.29) is 18.7 Å². The smallest absolute Gasteiger partial charge is 0.410 e. The lowest BCUT2D eigenvalue weighted by molar-refractivity contribution is 0.0488. The minimum Gasteiger partial charge on any atom is -0.445 e. The number of carbonyl (C=O) groups is 1. The van der Waals surface area contributed by atoms with Gasteiger partial charge in [-0.05, 0) is 38.7 Å². The van der Waals surface area contributed by atoms with E-state index in [2.05, 4.69) is 18.7 Å². The number of hydrogen-bond donors (Lipinski definition) is 1. The van der Waals surface area contributed by atoms with Crippen molar-refractivity contribution in [2.45, 2.75) is 51.8 Å². The highest BCUT2D eigenvalue weighted by molar-refractivity contribution is 5.68. The summed E-state index contributed by atoms with van der Waals surface area (Å²) >= 11 is 0. The summed E-state index contributed by atoms with van der Waals surface area (Å²) in [5, 5.41) is 9.25. The Kier molecular flexibility index (Phi) is 7.53. The molecule has 1 saturated heterocycles. The van der Waals surface area contributed by atoms with Gasteiger partial charge in [-0.25, -0.2) is 4.79 Å². The SMILES string of the molecule is CC(C)N(CCO)CC1CCCCN1C(=O)OCc1ccccc1. The van der Waals surface area contributed by atoms with E-state index >= 15 is 0 Å². The zero-order valence-electron chi connectivity index (χ0n) is 14.9. The second-order valence-corrected chi connectivity index (χ2v) is 6.70. The van der Waals surface area contributed by atoms with Gasteiger partial charge in [0.2, 0.25) is 0 Å². The number of benzene rings is 1. The molecule has 1 N–H and O–H groups in total. The molecule has 0 radical (unpaired) electrons. The summed E-state index contributed by atoms with van der Waals surface area (Å²) in [6.45, 7) is 6.88. The molecule has 0 aromatic heterocycles. The Hall–Kier alpha value is -1.59. The molecule has 2 rings (SSSR count). The topological polar surface area (TPSA) is 53.0 Å². The Morgan fingerprint density at radius 2 is 2.08 bits per heavy atom. The molecule has 1 heterocycles. The Balaban J connectivity index is 1.93. The largest absolute Gasteiger partial charge is 0.445 e. The van der Waals surface area contributed by atoms with E-state index in [0.29, 0.717) is 19.2 Å². The summed E-state index contributed by atoms with van der Waals surface area (Å²) in [5.74, 6) is 0. The van der Waals surface area contributed by atoms with Gasteiger partial charge in [-0.2, -0.15) is 0 Å². The van der Waals surface area contributed by atoms with E-state index < -0.39 is 0 Å². The fraction of sp³-hybridized carbons (Fsp3) is 0.632. The summed E-state index contributed by atoms with van der Waals surface area (Å²) in [6.07, 6.45) is 2.93. The van der Waals surface area contributed by atoms with Crippen molar-refractivity contribution in [3.63, 3.8) is 0 Å². The number of aliphatic hydroxyl groups excluding tert-OH is 1. The van der Waals surface area contributed by atoms with Crippen molar-refractivity contribution in [2.75, 3.05) is 26.2 Å². The number of aliphatic hydroxyl groups is 1. The molecule has 0 bridgehead atoms. The van der Waals surface area contributed by atoms with E-state index in [9.17, 15) is 9.90 Å². The lowest BCUT2D eigenvalue weighted by atomic mass is 10.0. The number of likely N-dealkylation sites (tertiary alicyclic amines) is 1. The summed E-state index contributed by atoms with van der Waals surface area (Å²) < 4.78 is 5.52. The van der Waals surface area contributed by atoms with Crippen LogP contribution in [0.2, 0.25) is 0 Å². The van der Waals surface area contributed by atoms with Gasteiger partial charge in [-0.1, -0.05) is 30.3 Å². The molecule has 1 aromatic carbocycles. The zero-order valence-corrected chi connectivity index (χ0v) is 14.9. The molecule has 1 aliphatic heterocycles. The van der Waals surface area contributed by atoms with Crippen molar-refractivity contribution in [1.82, 2.24) is 9.80 Å². The molecule has 5 heteroatoms. The summed E-state index contributed by atoms with van der Waals surface area (Å²) in [6, 6.07) is 10.3. The second-order valence-electron chi connectivity index (χ2n) is 6.70. The number of rotatable bonds is 7. The average molecular weight is 334 g/mol. The van der Waals surface area contributed by atoms with Crippen LogP contribution >= 0.6 is 0 Å². The van der Waals surface area contributed by atoms with Crippen molar-refractivity contribution < 1.29 is 14.6 Å². The van der Waals surface area contributed by atoms with Crippen LogP contribution in [0, 0.1) is 0 Å². The molecule has 0 saturated carbocycles. The zero-order chi connectivity index (χ0) is 17.4. The maximum atomic E-state index is 12.5. The molecule has 1 fully saturated rings. The fourth-order valence-electron chi connectivity index (χ4n) is 3.19. The number of ether oxygens (including phenoxy) is 1. The van der Waals surface area contributed by atoms with Gasteiger partial charge in [-0.3, -0.25) is 4.90 Å². The Labute approximate surface area is 145 Å². The number of nitrogens with zero attached hydrogens (tertiary/aromatic N) is 2. The molecular weight excluding hydrogens is 304 g/mol. The van der Waals surface area contributed by atoms with Crippen LogP contribution in [0.25, 0.3) is 0 Å². The van der Waals surface area contributed by atoms with Crippen molar-refractivity contribution >= 4 is 6.09 Å². The minimum absolute atomic E-state index is 0.142. The number of hydrogen-bond acceptors (Lipinski definition) is 4. The first-order valence-corrected chi connectivity index (χ1v) is 8.94. The summed E-state index contributed by atoms with van der Waals surface area (Å²) in [4.78, 5) is 16.6. The third-order valence-electron chi connectivity index (χ3n) is 4.63. The van der Waals surface area contributed by atoms with Crippen molar-refractivity contribution in [1.29, 1.82) is 0 Å². The van der Waals surface area contributed by atoms with Gasteiger partial charge in [0.15, 0.2) is 0 Å². The quantitative estimate of drug-likeness (QED) is 0.833. The van der Waals surface area contributed by atoms with Crippen LogP contribution in [0.4, 0.5) is 4.79 Å². The minimum atomic E-state index is -0.226. The van der Waals surface area contributed by atoms with Crippen molar-refractivity contribution in [2.24, 2.45) is 0 Å². The maximum Gasteiger partial charge on any atom is 0.410 e. The number of piperidine rings is 1. The van der Waals surface area contributed by atoms with Crippen LogP contribution in [0.1, 0.15) is 38.7 Å². The van der Waals surface area contributed by atoms with Gasteiger partial charge < -0.3 is 14.7 Å². The summed E-state index contributed by atoms with van der Waals surface area (Å²) in [7, 11) is 0. The van der Waals surface area contributed by atoms with Gasteiger partial charge in [0.05, 0.1) is 6.61 Å². The molecule has 1 aliphatic rings. The highest BCUT2D eigenvalue weighted by Gasteiger charge is 2.29. The molecule has 1 atom stereocenters. The first kappa shape index (κ1) is 18.7. The van der Waals surface area contributed by atoms with Gasteiger partial charge >= 0.3 is 6.09 Å². The van der Waals surface area contributed by atoms with Gasteiger partial charge in [-0.15, -0.1) is 0 Å². The van der Waals surface area contributed by atoms with Gasteiger partial charge in [0.1, 0.15) is 6.61 Å². The average Bonchev–Trinajstić information content (AvgIpc) is 2.60. The van der Waals surface area contributed by atoms with Gasteiger partial charge in [0, 0.05) is 31.7 Å². The van der Waals surface area contributed by atoms with E-state index in [0.717, 1.165) is 37.9 Å². The van der Waals surface area contributed by atoms with Crippen molar-refractivity contribution in [3.8, 4) is 0 Å². The highest BCUT2D eigenvalue weighted by Crippen LogP contribution is 2.20. The normalized spacial score (nSPS) is 18.2. The third kappa shape index (κ3) is 5.49. The van der Waals surface area contributed by atoms with Crippen LogP contribution in [0.15, 0.2) is 30.3 Å². The first-order chi connectivity index (χ1) is 11.6. The van der Waals surface area contributed by atoms with E-state index in [1.165, 1.54) is 0 Å². The van der Waals surface area contributed by atoms with Crippen LogP contribution in [0.3, 0.4) is 0 Å². The van der Waals surface area contributed by atoms with Crippen LogP contribution in [0.5, 0.6) is 0 Å². The predicted molar refractivity (Wildman–Crippen MR) is 94.8 cm³/mol. The molecule has 134 valence electrons. The maximum absolute atomic E-state index is 12.5. The van der Waals surface area contributed by atoms with E-state index in [1.54, 1.807) is 0 Å². The molecule has 1 amide bonds.